The second-order valence-electron chi connectivity index (χ2n) is 13.2. The number of benzene rings is 9. The van der Waals surface area contributed by atoms with Gasteiger partial charge in [-0.25, -0.2) is 0 Å². The van der Waals surface area contributed by atoms with Gasteiger partial charge in [-0.2, -0.15) is 0 Å². The molecule has 0 nitrogen and oxygen atoms in total. The maximum absolute atomic E-state index is 2.42. The highest BCUT2D eigenvalue weighted by Crippen LogP contribution is 2.46. The highest BCUT2D eigenvalue weighted by Gasteiger charge is 2.18. The van der Waals surface area contributed by atoms with Crippen molar-refractivity contribution in [2.45, 2.75) is 0 Å². The van der Waals surface area contributed by atoms with Crippen LogP contribution in [0.3, 0.4) is 0 Å². The Labute approximate surface area is 301 Å². The van der Waals surface area contributed by atoms with Crippen LogP contribution in [-0.2, 0) is 0 Å². The molecule has 0 aliphatic carbocycles. The molecule has 0 amide bonds. The monoisotopic (exact) mass is 664 g/mol. The molecule has 0 N–H and O–H groups in total. The lowest BCUT2D eigenvalue weighted by Crippen LogP contribution is -1.91. The van der Waals surface area contributed by atoms with Crippen molar-refractivity contribution in [2.75, 3.05) is 0 Å². The molecule has 0 fully saturated rings. The molecule has 10 aromatic rings. The van der Waals surface area contributed by atoms with E-state index in [1.807, 2.05) is 11.3 Å². The molecule has 51 heavy (non-hydrogen) atoms. The largest absolute Gasteiger partial charge is 0.134 e. The van der Waals surface area contributed by atoms with Crippen LogP contribution in [0, 0.1) is 0 Å². The summed E-state index contributed by atoms with van der Waals surface area (Å²) >= 11 is 1.91. The Balaban J connectivity index is 1.18. The van der Waals surface area contributed by atoms with Crippen LogP contribution in [-0.4, -0.2) is 0 Å². The maximum Gasteiger partial charge on any atom is 0.0434 e. The Morgan fingerprint density at radius 1 is 0.235 bits per heavy atom. The minimum Gasteiger partial charge on any atom is -0.134 e. The molecule has 10 rings (SSSR count). The van der Waals surface area contributed by atoms with E-state index in [2.05, 4.69) is 194 Å². The van der Waals surface area contributed by atoms with E-state index in [0.29, 0.717) is 0 Å². The SMILES string of the molecule is c1ccc(-c2c3ccccc3c(-c3ccccc3)c3cc(-c4cccc(-c5cccc6c5sc5c(-c7ccccc7)cccc56)c4)ccc23)cc1. The summed E-state index contributed by atoms with van der Waals surface area (Å²) < 4.78 is 2.67. The lowest BCUT2D eigenvalue weighted by molar-refractivity contribution is 1.62. The summed E-state index contributed by atoms with van der Waals surface area (Å²) in [5.41, 5.74) is 12.5. The van der Waals surface area contributed by atoms with Gasteiger partial charge in [0.05, 0.1) is 0 Å². The first-order valence-corrected chi connectivity index (χ1v) is 18.3. The molecular formula is C50H32S. The summed E-state index contributed by atoms with van der Waals surface area (Å²) in [4.78, 5) is 0. The molecule has 1 heterocycles. The van der Waals surface area contributed by atoms with Gasteiger partial charge in [-0.3, -0.25) is 0 Å². The fourth-order valence-corrected chi connectivity index (χ4v) is 9.32. The van der Waals surface area contributed by atoms with E-state index >= 15 is 0 Å². The molecule has 0 saturated carbocycles. The van der Waals surface area contributed by atoms with E-state index in [1.165, 1.54) is 97.4 Å². The Morgan fingerprint density at radius 3 is 1.25 bits per heavy atom. The van der Waals surface area contributed by atoms with E-state index < -0.39 is 0 Å². The third-order valence-electron chi connectivity index (χ3n) is 10.3. The predicted molar refractivity (Wildman–Crippen MR) is 222 cm³/mol. The van der Waals surface area contributed by atoms with Gasteiger partial charge in [0, 0.05) is 20.2 Å². The van der Waals surface area contributed by atoms with Crippen molar-refractivity contribution in [3.8, 4) is 55.6 Å². The fraction of sp³-hybridized carbons (Fsp3) is 0. The average Bonchev–Trinajstić information content (AvgIpc) is 3.60. The molecule has 9 aromatic carbocycles. The molecule has 1 aromatic heterocycles. The van der Waals surface area contributed by atoms with Crippen LogP contribution < -0.4 is 0 Å². The highest BCUT2D eigenvalue weighted by molar-refractivity contribution is 7.26. The summed E-state index contributed by atoms with van der Waals surface area (Å²) in [6.07, 6.45) is 0. The minimum atomic E-state index is 1.21. The van der Waals surface area contributed by atoms with Crippen LogP contribution in [0.4, 0.5) is 0 Å². The van der Waals surface area contributed by atoms with E-state index in [1.54, 1.807) is 0 Å². The van der Waals surface area contributed by atoms with E-state index in [4.69, 9.17) is 0 Å². The van der Waals surface area contributed by atoms with Gasteiger partial charge in [-0.05, 0) is 89.3 Å². The van der Waals surface area contributed by atoms with Gasteiger partial charge in [0.2, 0.25) is 0 Å². The van der Waals surface area contributed by atoms with Gasteiger partial charge >= 0.3 is 0 Å². The number of hydrogen-bond acceptors (Lipinski definition) is 1. The first kappa shape index (κ1) is 29.6. The molecule has 0 unspecified atom stereocenters. The highest BCUT2D eigenvalue weighted by atomic mass is 32.1. The molecule has 0 aliphatic heterocycles. The molecule has 0 bridgehead atoms. The normalized spacial score (nSPS) is 11.5. The van der Waals surface area contributed by atoms with Gasteiger partial charge in [0.25, 0.3) is 0 Å². The fourth-order valence-electron chi connectivity index (χ4n) is 7.95. The summed E-state index contributed by atoms with van der Waals surface area (Å²) in [5, 5.41) is 7.71. The van der Waals surface area contributed by atoms with Crippen molar-refractivity contribution in [2.24, 2.45) is 0 Å². The third kappa shape index (κ3) is 4.97. The minimum absolute atomic E-state index is 1.21. The second-order valence-corrected chi connectivity index (χ2v) is 14.2. The maximum atomic E-state index is 2.42. The van der Waals surface area contributed by atoms with Crippen LogP contribution in [0.2, 0.25) is 0 Å². The van der Waals surface area contributed by atoms with Crippen LogP contribution in [0.25, 0.3) is 97.4 Å². The lowest BCUT2D eigenvalue weighted by Gasteiger charge is -2.19. The van der Waals surface area contributed by atoms with Crippen molar-refractivity contribution in [3.05, 3.63) is 194 Å². The molecule has 0 radical (unpaired) electrons. The second kappa shape index (κ2) is 12.2. The van der Waals surface area contributed by atoms with Crippen LogP contribution in [0.15, 0.2) is 194 Å². The smallest absolute Gasteiger partial charge is 0.0434 e. The molecule has 0 aliphatic rings. The van der Waals surface area contributed by atoms with Gasteiger partial charge in [0.1, 0.15) is 0 Å². The summed E-state index contributed by atoms with van der Waals surface area (Å²) in [7, 11) is 0. The van der Waals surface area contributed by atoms with Crippen molar-refractivity contribution in [1.29, 1.82) is 0 Å². The van der Waals surface area contributed by atoms with Crippen LogP contribution in [0.1, 0.15) is 0 Å². The third-order valence-corrected chi connectivity index (χ3v) is 11.6. The Kier molecular flexibility index (Phi) is 7.11. The summed E-state index contributed by atoms with van der Waals surface area (Å²) in [6.45, 7) is 0. The first-order valence-electron chi connectivity index (χ1n) is 17.5. The van der Waals surface area contributed by atoms with Gasteiger partial charge in [-0.1, -0.05) is 182 Å². The number of fused-ring (bicyclic) bond motifs is 5. The van der Waals surface area contributed by atoms with E-state index in [-0.39, 0.29) is 0 Å². The van der Waals surface area contributed by atoms with E-state index in [0.717, 1.165) is 0 Å². The molecule has 0 saturated heterocycles. The number of thiophene rings is 1. The van der Waals surface area contributed by atoms with Crippen molar-refractivity contribution < 1.29 is 0 Å². The lowest BCUT2D eigenvalue weighted by atomic mass is 9.85. The average molecular weight is 665 g/mol. The number of rotatable bonds is 5. The zero-order chi connectivity index (χ0) is 33.7. The molecule has 0 spiro atoms. The van der Waals surface area contributed by atoms with Gasteiger partial charge < -0.3 is 0 Å². The van der Waals surface area contributed by atoms with Gasteiger partial charge in [-0.15, -0.1) is 11.3 Å². The van der Waals surface area contributed by atoms with Crippen LogP contribution in [0.5, 0.6) is 0 Å². The standard InChI is InChI=1S/C50H32S/c1-4-15-33(16-5-1)39-25-13-27-44-45-28-14-26-40(50(45)51-49(39)44)38-22-12-21-36(31-38)37-29-30-43-46(32-37)48(35-19-8-3-9-20-35)42-24-11-10-23-41(42)47(43)34-17-6-2-7-18-34/h1-32H. The summed E-state index contributed by atoms with van der Waals surface area (Å²) in [6, 6.07) is 71.0. The van der Waals surface area contributed by atoms with Gasteiger partial charge in [0.15, 0.2) is 0 Å². The summed E-state index contributed by atoms with van der Waals surface area (Å²) in [5.74, 6) is 0. The molecular weight excluding hydrogens is 633 g/mol. The topological polar surface area (TPSA) is 0 Å². The molecule has 1 heteroatoms. The van der Waals surface area contributed by atoms with Crippen molar-refractivity contribution >= 4 is 53.1 Å². The zero-order valence-electron chi connectivity index (χ0n) is 27.9. The van der Waals surface area contributed by atoms with Crippen molar-refractivity contribution in [1.82, 2.24) is 0 Å². The molecule has 0 atom stereocenters. The van der Waals surface area contributed by atoms with Crippen molar-refractivity contribution in [3.63, 3.8) is 0 Å². The molecule has 238 valence electrons. The quantitative estimate of drug-likeness (QED) is 0.161. The van der Waals surface area contributed by atoms with Crippen LogP contribution >= 0.6 is 11.3 Å². The predicted octanol–water partition coefficient (Wildman–Crippen LogP) is 14.7. The number of hydrogen-bond donors (Lipinski definition) is 0. The Bertz CT molecular complexity index is 2880. The zero-order valence-corrected chi connectivity index (χ0v) is 28.7. The first-order chi connectivity index (χ1) is 25.3. The Hall–Kier alpha value is -6.28. The van der Waals surface area contributed by atoms with E-state index in [9.17, 15) is 0 Å². The Morgan fingerprint density at radius 2 is 0.647 bits per heavy atom.